The third-order valence-electron chi connectivity index (χ3n) is 3.08. The van der Waals surface area contributed by atoms with Crippen LogP contribution in [0.1, 0.15) is 38.3 Å². The normalized spacial score (nSPS) is 12.8. The third-order valence-corrected chi connectivity index (χ3v) is 3.08. The van der Waals surface area contributed by atoms with Gasteiger partial charge in [-0.05, 0) is 44.0 Å². The Bertz CT molecular complexity index is 373. The SMILES string of the molecule is CC(C)CC(C)N(C)Cc1ccc(C#N)cc1. The van der Waals surface area contributed by atoms with Crippen LogP contribution < -0.4 is 0 Å². The minimum Gasteiger partial charge on any atom is -0.299 e. The summed E-state index contributed by atoms with van der Waals surface area (Å²) in [6, 6.07) is 10.6. The summed E-state index contributed by atoms with van der Waals surface area (Å²) in [6.07, 6.45) is 1.22. The molecule has 0 N–H and O–H groups in total. The summed E-state index contributed by atoms with van der Waals surface area (Å²) in [6.45, 7) is 7.72. The molecule has 0 saturated heterocycles. The van der Waals surface area contributed by atoms with E-state index in [0.717, 1.165) is 18.0 Å². The first-order chi connectivity index (χ1) is 8.02. The van der Waals surface area contributed by atoms with Gasteiger partial charge in [0.2, 0.25) is 0 Å². The second-order valence-corrected chi connectivity index (χ2v) is 5.20. The zero-order valence-electron chi connectivity index (χ0n) is 11.3. The van der Waals surface area contributed by atoms with E-state index in [0.29, 0.717) is 6.04 Å². The number of hydrogen-bond donors (Lipinski definition) is 0. The van der Waals surface area contributed by atoms with Gasteiger partial charge in [-0.15, -0.1) is 0 Å². The van der Waals surface area contributed by atoms with Crippen molar-refractivity contribution in [2.24, 2.45) is 5.92 Å². The van der Waals surface area contributed by atoms with Crippen molar-refractivity contribution in [1.29, 1.82) is 5.26 Å². The standard InChI is InChI=1S/C15H22N2/c1-12(2)9-13(3)17(4)11-15-7-5-14(10-16)6-8-15/h5-8,12-13H,9,11H2,1-4H3. The predicted octanol–water partition coefficient (Wildman–Crippen LogP) is 3.42. The van der Waals surface area contributed by atoms with Crippen LogP contribution in [-0.4, -0.2) is 18.0 Å². The van der Waals surface area contributed by atoms with Crippen LogP contribution in [0.5, 0.6) is 0 Å². The van der Waals surface area contributed by atoms with Gasteiger partial charge in [-0.2, -0.15) is 5.26 Å². The molecule has 0 fully saturated rings. The number of benzene rings is 1. The van der Waals surface area contributed by atoms with Gasteiger partial charge in [-0.1, -0.05) is 26.0 Å². The Hall–Kier alpha value is -1.33. The van der Waals surface area contributed by atoms with Crippen molar-refractivity contribution >= 4 is 0 Å². The van der Waals surface area contributed by atoms with Gasteiger partial charge in [0.05, 0.1) is 11.6 Å². The predicted molar refractivity (Wildman–Crippen MR) is 71.5 cm³/mol. The van der Waals surface area contributed by atoms with Gasteiger partial charge in [0.15, 0.2) is 0 Å². The highest BCUT2D eigenvalue weighted by molar-refractivity contribution is 5.31. The van der Waals surface area contributed by atoms with Gasteiger partial charge < -0.3 is 0 Å². The van der Waals surface area contributed by atoms with Crippen LogP contribution >= 0.6 is 0 Å². The molecule has 0 aliphatic heterocycles. The molecule has 2 heteroatoms. The Kier molecular flexibility index (Phi) is 5.18. The summed E-state index contributed by atoms with van der Waals surface area (Å²) in [7, 11) is 2.16. The molecule has 1 rings (SSSR count). The Morgan fingerprint density at radius 2 is 1.76 bits per heavy atom. The molecular weight excluding hydrogens is 208 g/mol. The Morgan fingerprint density at radius 1 is 1.18 bits per heavy atom. The minimum atomic E-state index is 0.589. The monoisotopic (exact) mass is 230 g/mol. The number of rotatable bonds is 5. The molecule has 1 unspecified atom stereocenters. The first kappa shape index (κ1) is 13.7. The van der Waals surface area contributed by atoms with Crippen LogP contribution in [-0.2, 0) is 6.54 Å². The molecule has 0 saturated carbocycles. The lowest BCUT2D eigenvalue weighted by atomic mass is 10.0. The van der Waals surface area contributed by atoms with Gasteiger partial charge in [0.25, 0.3) is 0 Å². The molecule has 92 valence electrons. The molecule has 1 aromatic rings. The molecule has 0 radical (unpaired) electrons. The molecule has 1 atom stereocenters. The Labute approximate surface area is 105 Å². The molecule has 0 spiro atoms. The fraction of sp³-hybridized carbons (Fsp3) is 0.533. The average Bonchev–Trinajstić information content (AvgIpc) is 2.29. The molecule has 0 aliphatic carbocycles. The zero-order chi connectivity index (χ0) is 12.8. The molecule has 0 heterocycles. The van der Waals surface area contributed by atoms with E-state index >= 15 is 0 Å². The van der Waals surface area contributed by atoms with Gasteiger partial charge in [-0.25, -0.2) is 0 Å². The van der Waals surface area contributed by atoms with E-state index in [4.69, 9.17) is 5.26 Å². The van der Waals surface area contributed by atoms with Crippen LogP contribution in [0.25, 0.3) is 0 Å². The maximum absolute atomic E-state index is 8.74. The Morgan fingerprint density at radius 3 is 2.24 bits per heavy atom. The van der Waals surface area contributed by atoms with Gasteiger partial charge in [0, 0.05) is 12.6 Å². The number of nitrogens with zero attached hydrogens (tertiary/aromatic N) is 2. The molecule has 0 bridgehead atoms. The van der Waals surface area contributed by atoms with Gasteiger partial charge in [-0.3, -0.25) is 4.90 Å². The average molecular weight is 230 g/mol. The lowest BCUT2D eigenvalue weighted by molar-refractivity contribution is 0.220. The lowest BCUT2D eigenvalue weighted by Gasteiger charge is -2.26. The van der Waals surface area contributed by atoms with Crippen LogP contribution in [0, 0.1) is 17.2 Å². The van der Waals surface area contributed by atoms with E-state index in [1.807, 2.05) is 24.3 Å². The summed E-state index contributed by atoms with van der Waals surface area (Å²) in [5.41, 5.74) is 1.99. The van der Waals surface area contributed by atoms with E-state index in [-0.39, 0.29) is 0 Å². The van der Waals surface area contributed by atoms with Crippen molar-refractivity contribution in [2.45, 2.75) is 39.8 Å². The summed E-state index contributed by atoms with van der Waals surface area (Å²) < 4.78 is 0. The van der Waals surface area contributed by atoms with Gasteiger partial charge in [0.1, 0.15) is 0 Å². The lowest BCUT2D eigenvalue weighted by Crippen LogP contribution is -2.29. The number of nitriles is 1. The minimum absolute atomic E-state index is 0.589. The second-order valence-electron chi connectivity index (χ2n) is 5.20. The van der Waals surface area contributed by atoms with E-state index in [9.17, 15) is 0 Å². The second kappa shape index (κ2) is 6.42. The first-order valence-corrected chi connectivity index (χ1v) is 6.22. The maximum Gasteiger partial charge on any atom is 0.0991 e. The van der Waals surface area contributed by atoms with Gasteiger partial charge >= 0.3 is 0 Å². The van der Waals surface area contributed by atoms with E-state index < -0.39 is 0 Å². The molecule has 17 heavy (non-hydrogen) atoms. The van der Waals surface area contributed by atoms with Crippen LogP contribution in [0.2, 0.25) is 0 Å². The smallest absolute Gasteiger partial charge is 0.0991 e. The quantitative estimate of drug-likeness (QED) is 0.775. The van der Waals surface area contributed by atoms with E-state index in [2.05, 4.69) is 38.8 Å². The molecule has 2 nitrogen and oxygen atoms in total. The summed E-state index contributed by atoms with van der Waals surface area (Å²) >= 11 is 0. The van der Waals surface area contributed by atoms with E-state index in [1.165, 1.54) is 12.0 Å². The summed E-state index contributed by atoms with van der Waals surface area (Å²) in [4.78, 5) is 2.36. The highest BCUT2D eigenvalue weighted by atomic mass is 15.1. The maximum atomic E-state index is 8.74. The Balaban J connectivity index is 2.55. The van der Waals surface area contributed by atoms with Crippen molar-refractivity contribution in [2.75, 3.05) is 7.05 Å². The van der Waals surface area contributed by atoms with E-state index in [1.54, 1.807) is 0 Å². The topological polar surface area (TPSA) is 27.0 Å². The van der Waals surface area contributed by atoms with Crippen LogP contribution in [0.4, 0.5) is 0 Å². The summed E-state index contributed by atoms with van der Waals surface area (Å²) in [5, 5.41) is 8.74. The summed E-state index contributed by atoms with van der Waals surface area (Å²) in [5.74, 6) is 0.730. The largest absolute Gasteiger partial charge is 0.299 e. The molecule has 0 aliphatic rings. The number of hydrogen-bond acceptors (Lipinski definition) is 2. The van der Waals surface area contributed by atoms with Crippen molar-refractivity contribution in [1.82, 2.24) is 4.90 Å². The molecule has 1 aromatic carbocycles. The van der Waals surface area contributed by atoms with Crippen molar-refractivity contribution in [3.05, 3.63) is 35.4 Å². The molecule has 0 aromatic heterocycles. The van der Waals surface area contributed by atoms with Crippen molar-refractivity contribution in [3.8, 4) is 6.07 Å². The van der Waals surface area contributed by atoms with Crippen molar-refractivity contribution < 1.29 is 0 Å². The fourth-order valence-corrected chi connectivity index (χ4v) is 1.99. The highest BCUT2D eigenvalue weighted by Gasteiger charge is 2.11. The first-order valence-electron chi connectivity index (χ1n) is 6.22. The molecule has 0 amide bonds. The van der Waals surface area contributed by atoms with Crippen LogP contribution in [0.15, 0.2) is 24.3 Å². The van der Waals surface area contributed by atoms with Crippen molar-refractivity contribution in [3.63, 3.8) is 0 Å². The zero-order valence-corrected chi connectivity index (χ0v) is 11.3. The van der Waals surface area contributed by atoms with Crippen LogP contribution in [0.3, 0.4) is 0 Å². The molecular formula is C15H22N2. The highest BCUT2D eigenvalue weighted by Crippen LogP contribution is 2.13. The fourth-order valence-electron chi connectivity index (χ4n) is 1.99. The third kappa shape index (κ3) is 4.58.